The number of esters is 1. The van der Waals surface area contributed by atoms with E-state index in [0.717, 1.165) is 0 Å². The smallest absolute Gasteiger partial charge is 0.330 e. The van der Waals surface area contributed by atoms with E-state index in [4.69, 9.17) is 19.9 Å². The summed E-state index contributed by atoms with van der Waals surface area (Å²) in [5.74, 6) is -0.254. The Balaban J connectivity index is 0.00000364. The van der Waals surface area contributed by atoms with Gasteiger partial charge in [0.25, 0.3) is 5.56 Å². The third-order valence-corrected chi connectivity index (χ3v) is 3.94. The zero-order valence-corrected chi connectivity index (χ0v) is 17.3. The first kappa shape index (κ1) is 23.6. The zero-order chi connectivity index (χ0) is 19.3. The van der Waals surface area contributed by atoms with Gasteiger partial charge in [-0.1, -0.05) is 29.8 Å². The van der Waals surface area contributed by atoms with Crippen molar-refractivity contribution >= 4 is 40.4 Å². The molecule has 27 heavy (non-hydrogen) atoms. The third-order valence-electron chi connectivity index (χ3n) is 3.67. The van der Waals surface area contributed by atoms with E-state index in [0.29, 0.717) is 6.42 Å². The summed E-state index contributed by atoms with van der Waals surface area (Å²) in [5.41, 5.74) is 4.90. The highest BCUT2D eigenvalue weighted by molar-refractivity contribution is 9.11. The Kier molecular flexibility index (Phi) is 9.40. The first-order chi connectivity index (χ1) is 12.3. The second kappa shape index (κ2) is 10.8. The number of aromatic amines is 1. The highest BCUT2D eigenvalue weighted by atomic mass is 79.9. The molecule has 0 spiro atoms. The molecular formula is C16H23BrClN3O6. The molecule has 1 aromatic heterocycles. The van der Waals surface area contributed by atoms with Crippen molar-refractivity contribution in [3.05, 3.63) is 37.6 Å². The molecule has 0 saturated carbocycles. The molecule has 11 heteroatoms. The maximum absolute atomic E-state index is 12.0. The monoisotopic (exact) mass is 467 g/mol. The summed E-state index contributed by atoms with van der Waals surface area (Å²) in [6.45, 7) is 3.86. The number of hydrogen-bond acceptors (Lipinski definition) is 7. The normalized spacial score (nSPS) is 20.6. The van der Waals surface area contributed by atoms with Crippen LogP contribution in [-0.4, -0.2) is 41.1 Å². The molecule has 0 radical (unpaired) electrons. The summed E-state index contributed by atoms with van der Waals surface area (Å²) in [6, 6.07) is -0.701. The van der Waals surface area contributed by atoms with Crippen LogP contribution >= 0.6 is 28.3 Å². The number of rotatable bonds is 7. The van der Waals surface area contributed by atoms with Crippen LogP contribution in [0.25, 0.3) is 6.08 Å². The molecule has 2 heterocycles. The average Bonchev–Trinajstić information content (AvgIpc) is 3.03. The first-order valence-corrected chi connectivity index (χ1v) is 9.05. The molecule has 2 rings (SSSR count). The SMILES string of the molecule is CC(C)C[C@H](N)C(=O)OC[C@H]1OC[C@@H](n2cc(/C=C/Br)c(=O)[nH]c2=O)O1.Cl. The van der Waals surface area contributed by atoms with Gasteiger partial charge in [0.1, 0.15) is 12.6 Å². The van der Waals surface area contributed by atoms with E-state index in [2.05, 4.69) is 20.9 Å². The van der Waals surface area contributed by atoms with Crippen LogP contribution < -0.4 is 17.0 Å². The number of nitrogens with zero attached hydrogens (tertiary/aromatic N) is 1. The zero-order valence-electron chi connectivity index (χ0n) is 14.9. The highest BCUT2D eigenvalue weighted by Crippen LogP contribution is 2.20. The Morgan fingerprint density at radius 2 is 2.22 bits per heavy atom. The minimum atomic E-state index is -0.816. The van der Waals surface area contributed by atoms with Gasteiger partial charge >= 0.3 is 11.7 Å². The Labute approximate surface area is 170 Å². The number of carbonyl (C=O) groups excluding carboxylic acids is 1. The lowest BCUT2D eigenvalue weighted by Crippen LogP contribution is -2.36. The number of aromatic nitrogens is 2. The summed E-state index contributed by atoms with van der Waals surface area (Å²) < 4.78 is 17.3. The fraction of sp³-hybridized carbons (Fsp3) is 0.562. The molecular weight excluding hydrogens is 446 g/mol. The molecule has 9 nitrogen and oxygen atoms in total. The molecule has 1 aliphatic heterocycles. The van der Waals surface area contributed by atoms with Crippen molar-refractivity contribution in [1.82, 2.24) is 9.55 Å². The second-order valence-electron chi connectivity index (χ2n) is 6.26. The minimum Gasteiger partial charge on any atom is -0.459 e. The van der Waals surface area contributed by atoms with Gasteiger partial charge in [-0.25, -0.2) is 4.79 Å². The first-order valence-electron chi connectivity index (χ1n) is 8.13. The van der Waals surface area contributed by atoms with Crippen molar-refractivity contribution in [2.45, 2.75) is 38.8 Å². The maximum Gasteiger partial charge on any atom is 0.330 e. The van der Waals surface area contributed by atoms with Gasteiger partial charge in [-0.3, -0.25) is 19.1 Å². The number of carbonyl (C=O) groups is 1. The lowest BCUT2D eigenvalue weighted by atomic mass is 10.1. The van der Waals surface area contributed by atoms with Crippen LogP contribution in [0.3, 0.4) is 0 Å². The number of halogens is 2. The Bertz CT molecular complexity index is 778. The number of nitrogens with one attached hydrogen (secondary N) is 1. The molecule has 0 amide bonds. The van der Waals surface area contributed by atoms with Crippen LogP contribution in [0, 0.1) is 5.92 Å². The summed E-state index contributed by atoms with van der Waals surface area (Å²) in [7, 11) is 0. The molecule has 152 valence electrons. The summed E-state index contributed by atoms with van der Waals surface area (Å²) in [6.07, 6.45) is 1.84. The van der Waals surface area contributed by atoms with E-state index in [1.807, 2.05) is 13.8 Å². The Hall–Kier alpha value is -1.46. The molecule has 1 fully saturated rings. The lowest BCUT2D eigenvalue weighted by molar-refractivity contribution is -0.161. The van der Waals surface area contributed by atoms with E-state index in [1.165, 1.54) is 21.8 Å². The molecule has 1 aliphatic rings. The van der Waals surface area contributed by atoms with Crippen molar-refractivity contribution in [3.63, 3.8) is 0 Å². The molecule has 3 atom stereocenters. The van der Waals surface area contributed by atoms with E-state index in [1.54, 1.807) is 0 Å². The molecule has 1 saturated heterocycles. The topological polar surface area (TPSA) is 126 Å². The summed E-state index contributed by atoms with van der Waals surface area (Å²) in [5, 5.41) is 0. The van der Waals surface area contributed by atoms with Crippen LogP contribution in [-0.2, 0) is 19.0 Å². The number of H-pyrrole nitrogens is 1. The van der Waals surface area contributed by atoms with Crippen molar-refractivity contribution in [2.24, 2.45) is 11.7 Å². The second-order valence-corrected chi connectivity index (χ2v) is 6.79. The maximum atomic E-state index is 12.0. The van der Waals surface area contributed by atoms with Crippen molar-refractivity contribution < 1.29 is 19.0 Å². The number of ether oxygens (including phenoxy) is 3. The summed E-state index contributed by atoms with van der Waals surface area (Å²) >= 11 is 3.08. The molecule has 0 aromatic carbocycles. The van der Waals surface area contributed by atoms with Gasteiger partial charge in [-0.15, -0.1) is 12.4 Å². The quantitative estimate of drug-likeness (QED) is 0.574. The Morgan fingerprint density at radius 1 is 1.52 bits per heavy atom. The van der Waals surface area contributed by atoms with Crippen molar-refractivity contribution in [1.29, 1.82) is 0 Å². The van der Waals surface area contributed by atoms with Gasteiger partial charge < -0.3 is 19.9 Å². The Morgan fingerprint density at radius 3 is 2.85 bits per heavy atom. The molecule has 1 aromatic rings. The van der Waals surface area contributed by atoms with E-state index in [-0.39, 0.29) is 37.1 Å². The predicted octanol–water partition coefficient (Wildman–Crippen LogP) is 1.11. The fourth-order valence-electron chi connectivity index (χ4n) is 2.44. The predicted molar refractivity (Wildman–Crippen MR) is 105 cm³/mol. The van der Waals surface area contributed by atoms with E-state index < -0.39 is 35.8 Å². The van der Waals surface area contributed by atoms with E-state index in [9.17, 15) is 14.4 Å². The molecule has 0 aliphatic carbocycles. The minimum absolute atomic E-state index is 0. The van der Waals surface area contributed by atoms with Crippen LogP contribution in [0.1, 0.15) is 32.1 Å². The largest absolute Gasteiger partial charge is 0.459 e. The van der Waals surface area contributed by atoms with Crippen LogP contribution in [0.2, 0.25) is 0 Å². The van der Waals surface area contributed by atoms with Crippen LogP contribution in [0.5, 0.6) is 0 Å². The van der Waals surface area contributed by atoms with E-state index >= 15 is 0 Å². The van der Waals surface area contributed by atoms with Gasteiger partial charge in [-0.2, -0.15) is 0 Å². The number of hydrogen-bond donors (Lipinski definition) is 2. The van der Waals surface area contributed by atoms with Crippen LogP contribution in [0.15, 0.2) is 20.8 Å². The standard InChI is InChI=1S/C16H22BrN3O6.ClH/c1-9(2)5-11(18)15(22)25-8-13-24-7-12(26-13)20-6-10(3-4-17)14(21)19-16(20)23;/h3-4,6,9,11-13H,5,7-8,18H2,1-2H3,(H,19,21,23);1H/b4-3+;/t11-,12-,13-;/m0./s1. The van der Waals surface area contributed by atoms with Crippen molar-refractivity contribution in [2.75, 3.05) is 13.2 Å². The van der Waals surface area contributed by atoms with Crippen LogP contribution in [0.4, 0.5) is 0 Å². The molecule has 0 unspecified atom stereocenters. The van der Waals surface area contributed by atoms with Gasteiger partial charge in [-0.05, 0) is 23.4 Å². The summed E-state index contributed by atoms with van der Waals surface area (Å²) in [4.78, 5) is 39.2. The molecule has 3 N–H and O–H groups in total. The number of nitrogens with two attached hydrogens (primary N) is 1. The van der Waals surface area contributed by atoms with Gasteiger partial charge in [0.05, 0.1) is 12.2 Å². The average molecular weight is 469 g/mol. The third kappa shape index (κ3) is 6.58. The highest BCUT2D eigenvalue weighted by Gasteiger charge is 2.30. The molecule has 0 bridgehead atoms. The lowest BCUT2D eigenvalue weighted by Gasteiger charge is -2.16. The van der Waals surface area contributed by atoms with Gasteiger partial charge in [0.15, 0.2) is 12.5 Å². The van der Waals surface area contributed by atoms with Gasteiger partial charge in [0, 0.05) is 6.20 Å². The van der Waals surface area contributed by atoms with Crippen molar-refractivity contribution in [3.8, 4) is 0 Å². The fourth-order valence-corrected chi connectivity index (χ4v) is 2.72. The van der Waals surface area contributed by atoms with Gasteiger partial charge in [0.2, 0.25) is 0 Å².